The molecule has 0 aliphatic rings. The lowest BCUT2D eigenvalue weighted by atomic mass is 9.98. The van der Waals surface area contributed by atoms with Crippen molar-refractivity contribution >= 4 is 5.97 Å². The lowest BCUT2D eigenvalue weighted by Gasteiger charge is -2.20. The minimum absolute atomic E-state index is 0.220. The van der Waals surface area contributed by atoms with Crippen LogP contribution in [-0.2, 0) is 4.79 Å². The molecule has 0 aliphatic carbocycles. The molecule has 0 aromatic heterocycles. The van der Waals surface area contributed by atoms with Crippen molar-refractivity contribution in [3.8, 4) is 0 Å². The van der Waals surface area contributed by atoms with Gasteiger partial charge in [-0.1, -0.05) is 58.3 Å². The van der Waals surface area contributed by atoms with Gasteiger partial charge in [0.25, 0.3) is 0 Å². The summed E-state index contributed by atoms with van der Waals surface area (Å²) in [6.07, 6.45) is 8.21. The van der Waals surface area contributed by atoms with Crippen LogP contribution >= 0.6 is 0 Å². The van der Waals surface area contributed by atoms with Crippen molar-refractivity contribution in [3.05, 3.63) is 0 Å². The molecule has 3 atom stereocenters. The van der Waals surface area contributed by atoms with Gasteiger partial charge in [-0.3, -0.25) is 4.79 Å². The van der Waals surface area contributed by atoms with E-state index in [9.17, 15) is 20.1 Å². The van der Waals surface area contributed by atoms with Gasteiger partial charge in [0.05, 0.1) is 18.3 Å². The summed E-state index contributed by atoms with van der Waals surface area (Å²) in [6.45, 7) is 2.14. The first-order chi connectivity index (χ1) is 11.0. The third kappa shape index (κ3) is 14.7. The first-order valence-corrected chi connectivity index (χ1v) is 9.23. The fourth-order valence-corrected chi connectivity index (χ4v) is 2.71. The van der Waals surface area contributed by atoms with Crippen molar-refractivity contribution in [1.29, 1.82) is 0 Å². The SMILES string of the molecule is CCCCCC[C@@H](O)C[C@H](O)[C@@H](O)CCCCCCCC(=O)O. The molecule has 4 N–H and O–H groups in total. The highest BCUT2D eigenvalue weighted by molar-refractivity contribution is 5.66. The highest BCUT2D eigenvalue weighted by Crippen LogP contribution is 2.15. The quantitative estimate of drug-likeness (QED) is 0.325. The number of hydrogen-bond acceptors (Lipinski definition) is 4. The van der Waals surface area contributed by atoms with E-state index in [4.69, 9.17) is 5.11 Å². The van der Waals surface area contributed by atoms with E-state index in [1.54, 1.807) is 0 Å². The second kappa shape index (κ2) is 14.9. The molecule has 0 aromatic carbocycles. The van der Waals surface area contributed by atoms with E-state index in [1.807, 2.05) is 0 Å². The van der Waals surface area contributed by atoms with Crippen LogP contribution in [0.5, 0.6) is 0 Å². The van der Waals surface area contributed by atoms with E-state index in [1.165, 1.54) is 6.42 Å². The second-order valence-corrected chi connectivity index (χ2v) is 6.57. The fraction of sp³-hybridized carbons (Fsp3) is 0.944. The number of hydrogen-bond donors (Lipinski definition) is 4. The molecular formula is C18H36O5. The molecule has 0 radical (unpaired) electrons. The second-order valence-electron chi connectivity index (χ2n) is 6.57. The van der Waals surface area contributed by atoms with Crippen LogP contribution < -0.4 is 0 Å². The van der Waals surface area contributed by atoms with Crippen LogP contribution in [-0.4, -0.2) is 44.7 Å². The Labute approximate surface area is 140 Å². The van der Waals surface area contributed by atoms with Crippen molar-refractivity contribution in [3.63, 3.8) is 0 Å². The first-order valence-electron chi connectivity index (χ1n) is 9.23. The third-order valence-corrected chi connectivity index (χ3v) is 4.24. The zero-order chi connectivity index (χ0) is 17.5. The van der Waals surface area contributed by atoms with Gasteiger partial charge in [-0.15, -0.1) is 0 Å². The number of aliphatic carboxylic acids is 1. The van der Waals surface area contributed by atoms with Crippen molar-refractivity contribution < 1.29 is 25.2 Å². The zero-order valence-electron chi connectivity index (χ0n) is 14.6. The summed E-state index contributed by atoms with van der Waals surface area (Å²) in [5, 5.41) is 38.2. The maximum absolute atomic E-state index is 10.4. The summed E-state index contributed by atoms with van der Waals surface area (Å²) < 4.78 is 0. The smallest absolute Gasteiger partial charge is 0.303 e. The Bertz CT molecular complexity index is 283. The molecule has 0 fully saturated rings. The number of carboxylic acid groups (broad SMARTS) is 1. The van der Waals surface area contributed by atoms with Gasteiger partial charge in [0.1, 0.15) is 0 Å². The van der Waals surface area contributed by atoms with Crippen LogP contribution in [0.2, 0.25) is 0 Å². The third-order valence-electron chi connectivity index (χ3n) is 4.24. The maximum Gasteiger partial charge on any atom is 0.303 e. The Balaban J connectivity index is 3.57. The van der Waals surface area contributed by atoms with Crippen LogP contribution in [0.15, 0.2) is 0 Å². The van der Waals surface area contributed by atoms with E-state index in [-0.39, 0.29) is 12.8 Å². The summed E-state index contributed by atoms with van der Waals surface area (Å²) in [5.74, 6) is -0.753. The summed E-state index contributed by atoms with van der Waals surface area (Å²) in [4.78, 5) is 10.4. The Morgan fingerprint density at radius 3 is 2.00 bits per heavy atom. The summed E-state index contributed by atoms with van der Waals surface area (Å²) in [6, 6.07) is 0. The topological polar surface area (TPSA) is 98.0 Å². The Hall–Kier alpha value is -0.650. The summed E-state index contributed by atoms with van der Waals surface area (Å²) in [7, 11) is 0. The predicted molar refractivity (Wildman–Crippen MR) is 91.4 cm³/mol. The molecule has 0 saturated carbocycles. The molecule has 0 saturated heterocycles. The largest absolute Gasteiger partial charge is 0.481 e. The lowest BCUT2D eigenvalue weighted by molar-refractivity contribution is -0.137. The molecule has 0 heterocycles. The van der Waals surface area contributed by atoms with Gasteiger partial charge in [-0.05, 0) is 19.3 Å². The average molecular weight is 332 g/mol. The minimum atomic E-state index is -0.858. The lowest BCUT2D eigenvalue weighted by Crippen LogP contribution is -2.30. The van der Waals surface area contributed by atoms with E-state index in [0.29, 0.717) is 19.3 Å². The first kappa shape index (κ1) is 22.4. The van der Waals surface area contributed by atoms with Crippen LogP contribution in [0.25, 0.3) is 0 Å². The van der Waals surface area contributed by atoms with Crippen molar-refractivity contribution in [2.24, 2.45) is 0 Å². The van der Waals surface area contributed by atoms with Crippen LogP contribution in [0.1, 0.15) is 90.4 Å². The number of aliphatic hydroxyl groups is 3. The molecule has 0 spiro atoms. The van der Waals surface area contributed by atoms with Gasteiger partial charge >= 0.3 is 5.97 Å². The van der Waals surface area contributed by atoms with Crippen molar-refractivity contribution in [1.82, 2.24) is 0 Å². The summed E-state index contributed by atoms with van der Waals surface area (Å²) >= 11 is 0. The number of unbranched alkanes of at least 4 members (excludes halogenated alkanes) is 7. The predicted octanol–water partition coefficient (Wildman–Crippen LogP) is 3.24. The van der Waals surface area contributed by atoms with Crippen LogP contribution in [0.4, 0.5) is 0 Å². The Morgan fingerprint density at radius 1 is 0.783 bits per heavy atom. The molecule has 0 unspecified atom stereocenters. The molecule has 0 bridgehead atoms. The van der Waals surface area contributed by atoms with Crippen molar-refractivity contribution in [2.45, 2.75) is 109 Å². The van der Waals surface area contributed by atoms with E-state index >= 15 is 0 Å². The Morgan fingerprint density at radius 2 is 1.35 bits per heavy atom. The monoisotopic (exact) mass is 332 g/mol. The van der Waals surface area contributed by atoms with Gasteiger partial charge in [-0.2, -0.15) is 0 Å². The molecule has 138 valence electrons. The van der Waals surface area contributed by atoms with Gasteiger partial charge in [-0.25, -0.2) is 0 Å². The molecule has 23 heavy (non-hydrogen) atoms. The Kier molecular flexibility index (Phi) is 14.5. The molecule has 0 rings (SSSR count). The van der Waals surface area contributed by atoms with E-state index < -0.39 is 24.3 Å². The zero-order valence-corrected chi connectivity index (χ0v) is 14.6. The van der Waals surface area contributed by atoms with E-state index in [0.717, 1.165) is 44.9 Å². The molecule has 0 aliphatic heterocycles. The summed E-state index contributed by atoms with van der Waals surface area (Å²) in [5.41, 5.74) is 0. The molecular weight excluding hydrogens is 296 g/mol. The molecule has 0 amide bonds. The van der Waals surface area contributed by atoms with Gasteiger partial charge in [0.15, 0.2) is 0 Å². The molecule has 5 nitrogen and oxygen atoms in total. The van der Waals surface area contributed by atoms with Gasteiger partial charge in [0, 0.05) is 12.8 Å². The van der Waals surface area contributed by atoms with E-state index in [2.05, 4.69) is 6.92 Å². The number of aliphatic hydroxyl groups excluding tert-OH is 3. The number of rotatable bonds is 16. The highest BCUT2D eigenvalue weighted by atomic mass is 16.4. The van der Waals surface area contributed by atoms with Gasteiger partial charge in [0.2, 0.25) is 0 Å². The normalized spacial score (nSPS) is 15.3. The van der Waals surface area contributed by atoms with Crippen molar-refractivity contribution in [2.75, 3.05) is 0 Å². The van der Waals surface area contributed by atoms with Crippen LogP contribution in [0.3, 0.4) is 0 Å². The van der Waals surface area contributed by atoms with Gasteiger partial charge < -0.3 is 20.4 Å². The molecule has 5 heteroatoms. The highest BCUT2D eigenvalue weighted by Gasteiger charge is 2.19. The maximum atomic E-state index is 10.4. The number of carbonyl (C=O) groups is 1. The number of carboxylic acids is 1. The average Bonchev–Trinajstić information content (AvgIpc) is 2.50. The molecule has 0 aromatic rings. The van der Waals surface area contributed by atoms with Crippen LogP contribution in [0, 0.1) is 0 Å². The minimum Gasteiger partial charge on any atom is -0.481 e. The fourth-order valence-electron chi connectivity index (χ4n) is 2.71. The standard InChI is InChI=1S/C18H36O5/c1-2-3-4-8-11-15(19)14-17(21)16(20)12-9-6-5-7-10-13-18(22)23/h15-17,19-21H,2-14H2,1H3,(H,22,23)/t15-,16+,17+/m1/s1.